The Morgan fingerprint density at radius 1 is 1.65 bits per heavy atom. The van der Waals surface area contributed by atoms with Gasteiger partial charge in [0.15, 0.2) is 0 Å². The van der Waals surface area contributed by atoms with Gasteiger partial charge in [-0.1, -0.05) is 0 Å². The fourth-order valence-electron chi connectivity index (χ4n) is 0.931. The Kier molecular flexibility index (Phi) is 4.22. The van der Waals surface area contributed by atoms with Crippen LogP contribution in [0.25, 0.3) is 0 Å². The number of nitriles is 1. The second-order valence-electron chi connectivity index (χ2n) is 3.31. The maximum absolute atomic E-state index is 11.7. The van der Waals surface area contributed by atoms with Crippen LogP contribution in [0.3, 0.4) is 0 Å². The second-order valence-corrected chi connectivity index (χ2v) is 6.38. The Hall–Kier alpha value is -1.43. The lowest BCUT2D eigenvalue weighted by molar-refractivity contribution is 0.0702. The van der Waals surface area contributed by atoms with Gasteiger partial charge >= 0.3 is 5.97 Å². The highest BCUT2D eigenvalue weighted by Gasteiger charge is 2.19. The Bertz CT molecular complexity index is 556. The maximum atomic E-state index is 11.7. The first kappa shape index (κ1) is 13.6. The Morgan fingerprint density at radius 3 is 2.76 bits per heavy atom. The van der Waals surface area contributed by atoms with Crippen LogP contribution in [0.15, 0.2) is 16.3 Å². The minimum atomic E-state index is -3.72. The molecular formula is C9H10N2O4S2. The molecule has 2 N–H and O–H groups in total. The number of carboxylic acids is 1. The van der Waals surface area contributed by atoms with Gasteiger partial charge < -0.3 is 5.11 Å². The second kappa shape index (κ2) is 5.27. The predicted octanol–water partition coefficient (Wildman–Crippen LogP) is 0.884. The van der Waals surface area contributed by atoms with Gasteiger partial charge in [0.05, 0.1) is 12.0 Å². The predicted molar refractivity (Wildman–Crippen MR) is 61.2 cm³/mol. The fourth-order valence-corrected chi connectivity index (χ4v) is 3.25. The van der Waals surface area contributed by atoms with Crippen molar-refractivity contribution in [3.05, 3.63) is 17.0 Å². The van der Waals surface area contributed by atoms with Crippen molar-refractivity contribution in [2.45, 2.75) is 11.1 Å². The molecule has 1 aromatic heterocycles. The molecule has 0 fully saturated rings. The van der Waals surface area contributed by atoms with E-state index in [1.54, 1.807) is 6.92 Å². The molecule has 1 unspecified atom stereocenters. The summed E-state index contributed by atoms with van der Waals surface area (Å²) < 4.78 is 25.5. The summed E-state index contributed by atoms with van der Waals surface area (Å²) in [4.78, 5) is 10.6. The van der Waals surface area contributed by atoms with Crippen molar-refractivity contribution in [3.63, 3.8) is 0 Å². The van der Waals surface area contributed by atoms with Crippen LogP contribution in [0.2, 0.25) is 0 Å². The fraction of sp³-hybridized carbons (Fsp3) is 0.333. The average molecular weight is 274 g/mol. The number of hydrogen-bond donors (Lipinski definition) is 2. The molecule has 8 heteroatoms. The number of sulfonamides is 1. The molecule has 0 bridgehead atoms. The van der Waals surface area contributed by atoms with Gasteiger partial charge in [-0.05, 0) is 19.1 Å². The van der Waals surface area contributed by atoms with Crippen molar-refractivity contribution in [1.82, 2.24) is 4.72 Å². The number of carbonyl (C=O) groups is 1. The van der Waals surface area contributed by atoms with E-state index in [9.17, 15) is 13.2 Å². The van der Waals surface area contributed by atoms with E-state index in [4.69, 9.17) is 10.4 Å². The van der Waals surface area contributed by atoms with E-state index in [0.29, 0.717) is 11.3 Å². The van der Waals surface area contributed by atoms with Crippen LogP contribution in [-0.4, -0.2) is 26.0 Å². The van der Waals surface area contributed by atoms with E-state index in [2.05, 4.69) is 4.72 Å². The lowest BCUT2D eigenvalue weighted by Gasteiger charge is -2.04. The number of aromatic carboxylic acids is 1. The van der Waals surface area contributed by atoms with Crippen LogP contribution in [-0.2, 0) is 10.0 Å². The molecule has 6 nitrogen and oxygen atoms in total. The summed E-state index contributed by atoms with van der Waals surface area (Å²) in [5.41, 5.74) is 0. The van der Waals surface area contributed by atoms with Crippen molar-refractivity contribution < 1.29 is 18.3 Å². The van der Waals surface area contributed by atoms with Crippen LogP contribution in [0.1, 0.15) is 16.6 Å². The van der Waals surface area contributed by atoms with Gasteiger partial charge in [0.2, 0.25) is 10.0 Å². The van der Waals surface area contributed by atoms with Crippen molar-refractivity contribution in [2.75, 3.05) is 6.54 Å². The third kappa shape index (κ3) is 3.52. The van der Waals surface area contributed by atoms with E-state index < -0.39 is 21.9 Å². The molecule has 0 spiro atoms. The third-order valence-electron chi connectivity index (χ3n) is 1.86. The maximum Gasteiger partial charge on any atom is 0.345 e. The van der Waals surface area contributed by atoms with Gasteiger partial charge in [-0.15, -0.1) is 11.3 Å². The minimum Gasteiger partial charge on any atom is -0.477 e. The van der Waals surface area contributed by atoms with Gasteiger partial charge in [0, 0.05) is 6.54 Å². The normalized spacial score (nSPS) is 12.9. The number of nitrogens with one attached hydrogen (secondary N) is 1. The molecule has 0 saturated heterocycles. The summed E-state index contributed by atoms with van der Waals surface area (Å²) >= 11 is 0.674. The highest BCUT2D eigenvalue weighted by molar-refractivity contribution is 7.91. The van der Waals surface area contributed by atoms with Gasteiger partial charge in [-0.25, -0.2) is 17.9 Å². The van der Waals surface area contributed by atoms with Crippen molar-refractivity contribution >= 4 is 27.3 Å². The standard InChI is InChI=1S/C9H10N2O4S2/c1-6(4-10)5-11-17(14,15)8-3-2-7(16-8)9(12)13/h2-3,6,11H,5H2,1H3,(H,12,13). The average Bonchev–Trinajstić information content (AvgIpc) is 2.76. The van der Waals surface area contributed by atoms with E-state index in [1.165, 1.54) is 12.1 Å². The monoisotopic (exact) mass is 274 g/mol. The summed E-state index contributed by atoms with van der Waals surface area (Å²) in [5, 5.41) is 17.2. The zero-order valence-corrected chi connectivity index (χ0v) is 10.5. The number of hydrogen-bond acceptors (Lipinski definition) is 5. The molecule has 0 aliphatic rings. The van der Waals surface area contributed by atoms with Crippen molar-refractivity contribution in [1.29, 1.82) is 5.26 Å². The van der Waals surface area contributed by atoms with Crippen molar-refractivity contribution in [2.24, 2.45) is 5.92 Å². The zero-order chi connectivity index (χ0) is 13.1. The van der Waals surface area contributed by atoms with Gasteiger partial charge in [0.25, 0.3) is 0 Å². The molecule has 17 heavy (non-hydrogen) atoms. The van der Waals surface area contributed by atoms with Crippen LogP contribution < -0.4 is 4.72 Å². The number of thiophene rings is 1. The van der Waals surface area contributed by atoms with E-state index in [-0.39, 0.29) is 15.6 Å². The molecule has 1 rings (SSSR count). The van der Waals surface area contributed by atoms with Crippen LogP contribution in [0.5, 0.6) is 0 Å². The van der Waals surface area contributed by atoms with Crippen LogP contribution in [0, 0.1) is 17.2 Å². The summed E-state index contributed by atoms with van der Waals surface area (Å²) in [6.07, 6.45) is 0. The summed E-state index contributed by atoms with van der Waals surface area (Å²) in [6.45, 7) is 1.58. The van der Waals surface area contributed by atoms with Crippen LogP contribution in [0.4, 0.5) is 0 Å². The minimum absolute atomic E-state index is 0.000855. The quantitative estimate of drug-likeness (QED) is 0.829. The van der Waals surface area contributed by atoms with Gasteiger partial charge in [-0.2, -0.15) is 5.26 Å². The van der Waals surface area contributed by atoms with Crippen molar-refractivity contribution in [3.8, 4) is 6.07 Å². The third-order valence-corrected chi connectivity index (χ3v) is 4.85. The molecular weight excluding hydrogens is 264 g/mol. The molecule has 0 amide bonds. The first-order valence-corrected chi connectivity index (χ1v) is 6.89. The molecule has 0 radical (unpaired) electrons. The summed E-state index contributed by atoms with van der Waals surface area (Å²) in [7, 11) is -3.72. The Balaban J connectivity index is 2.83. The smallest absolute Gasteiger partial charge is 0.345 e. The molecule has 0 aliphatic carbocycles. The number of rotatable bonds is 5. The van der Waals surface area contributed by atoms with Gasteiger partial charge in [-0.3, -0.25) is 0 Å². The van der Waals surface area contributed by atoms with E-state index in [0.717, 1.165) is 0 Å². The number of nitrogens with zero attached hydrogens (tertiary/aromatic N) is 1. The Labute approximate surface area is 103 Å². The van der Waals surface area contributed by atoms with Gasteiger partial charge in [0.1, 0.15) is 9.09 Å². The van der Waals surface area contributed by atoms with E-state index in [1.807, 2.05) is 6.07 Å². The molecule has 0 saturated carbocycles. The highest BCUT2D eigenvalue weighted by Crippen LogP contribution is 2.21. The summed E-state index contributed by atoms with van der Waals surface area (Å²) in [5.74, 6) is -1.61. The molecule has 1 atom stereocenters. The summed E-state index contributed by atoms with van der Waals surface area (Å²) in [6, 6.07) is 4.36. The molecule has 92 valence electrons. The SMILES string of the molecule is CC(C#N)CNS(=O)(=O)c1ccc(C(=O)O)s1. The Morgan fingerprint density at radius 2 is 2.29 bits per heavy atom. The zero-order valence-electron chi connectivity index (χ0n) is 8.87. The first-order valence-electron chi connectivity index (χ1n) is 4.59. The molecule has 0 aromatic carbocycles. The van der Waals surface area contributed by atoms with E-state index >= 15 is 0 Å². The lowest BCUT2D eigenvalue weighted by atomic mass is 10.2. The molecule has 1 heterocycles. The number of carboxylic acid groups (broad SMARTS) is 1. The first-order chi connectivity index (χ1) is 7.86. The highest BCUT2D eigenvalue weighted by atomic mass is 32.2. The molecule has 1 aromatic rings. The topological polar surface area (TPSA) is 107 Å². The van der Waals surface area contributed by atoms with Crippen LogP contribution >= 0.6 is 11.3 Å². The molecule has 0 aliphatic heterocycles. The largest absolute Gasteiger partial charge is 0.477 e. The lowest BCUT2D eigenvalue weighted by Crippen LogP contribution is -2.27.